The number of hydrogen-bond acceptors (Lipinski definition) is 9. The Hall–Kier alpha value is -1.56. The molecule has 0 aromatic heterocycles. The maximum absolute atomic E-state index is 12.1. The molecule has 2 rings (SSSR count). The van der Waals surface area contributed by atoms with Crippen LogP contribution in [0.25, 0.3) is 0 Å². The molecule has 2 fully saturated rings. The van der Waals surface area contributed by atoms with Gasteiger partial charge in [0.2, 0.25) is 0 Å². The average molecular weight is 517 g/mol. The topological polar surface area (TPSA) is 166 Å². The molecule has 2 saturated heterocycles. The first kappa shape index (κ1) is 30.7. The van der Waals surface area contributed by atoms with Gasteiger partial charge in [0.15, 0.2) is 0 Å². The summed E-state index contributed by atoms with van der Waals surface area (Å²) >= 11 is 0. The molecule has 2 aliphatic heterocycles. The number of esters is 1. The lowest BCUT2D eigenvalue weighted by Crippen LogP contribution is -2.61. The van der Waals surface area contributed by atoms with E-state index in [0.29, 0.717) is 18.6 Å². The van der Waals surface area contributed by atoms with Crippen molar-refractivity contribution in [2.75, 3.05) is 13.2 Å². The highest BCUT2D eigenvalue weighted by Crippen LogP contribution is 2.40. The molecule has 2 heterocycles. The fraction of sp³-hybridized carbons (Fsp3) is 0.846. The van der Waals surface area contributed by atoms with Crippen LogP contribution in [0.5, 0.6) is 0 Å². The van der Waals surface area contributed by atoms with Gasteiger partial charge in [0.1, 0.15) is 17.8 Å². The van der Waals surface area contributed by atoms with Crippen LogP contribution in [0.3, 0.4) is 0 Å². The first-order valence-electron chi connectivity index (χ1n) is 13.0. The summed E-state index contributed by atoms with van der Waals surface area (Å²) in [5.74, 6) is -1.37. The summed E-state index contributed by atoms with van der Waals surface area (Å²) in [6.07, 6.45) is 2.29. The van der Waals surface area contributed by atoms with Crippen LogP contribution in [0.2, 0.25) is 0 Å². The summed E-state index contributed by atoms with van der Waals surface area (Å²) in [6, 6.07) is 0. The van der Waals surface area contributed by atoms with Crippen molar-refractivity contribution >= 4 is 11.9 Å². The molecule has 0 saturated carbocycles. The molecule has 10 heteroatoms. The van der Waals surface area contributed by atoms with Crippen molar-refractivity contribution in [1.29, 1.82) is 0 Å². The van der Waals surface area contributed by atoms with Crippen LogP contribution in [0.4, 0.5) is 0 Å². The Kier molecular flexibility index (Phi) is 12.3. The molecule has 8 atom stereocenters. The number of ether oxygens (including phenoxy) is 3. The van der Waals surface area contributed by atoms with E-state index in [1.807, 2.05) is 6.92 Å². The maximum atomic E-state index is 12.1. The zero-order chi connectivity index (χ0) is 26.9. The SMILES string of the molecule is CC(=CC(=O)OCCCCCCCCC(=O)O)CC1OC[C@](O)(C[C@@H]2O[C@H]2[C@@H](C)[C@H](C)O)[C@@H](O)[C@H]1O. The van der Waals surface area contributed by atoms with Crippen LogP contribution in [0.15, 0.2) is 11.6 Å². The van der Waals surface area contributed by atoms with Crippen LogP contribution < -0.4 is 0 Å². The molecule has 10 nitrogen and oxygen atoms in total. The Labute approximate surface area is 213 Å². The number of aliphatic hydroxyl groups excluding tert-OH is 3. The average Bonchev–Trinajstić information content (AvgIpc) is 3.56. The van der Waals surface area contributed by atoms with E-state index in [9.17, 15) is 30.0 Å². The second-order valence-corrected chi connectivity index (χ2v) is 10.5. The minimum atomic E-state index is -1.67. The molecule has 1 unspecified atom stereocenters. The van der Waals surface area contributed by atoms with Crippen LogP contribution in [0.1, 0.15) is 78.6 Å². The summed E-state index contributed by atoms with van der Waals surface area (Å²) in [5.41, 5.74) is -1.04. The van der Waals surface area contributed by atoms with E-state index in [0.717, 1.165) is 32.1 Å². The Bertz CT molecular complexity index is 738. The number of rotatable bonds is 16. The second kappa shape index (κ2) is 14.4. The Morgan fingerprint density at radius 3 is 2.36 bits per heavy atom. The molecule has 0 spiro atoms. The molecule has 2 aliphatic rings. The van der Waals surface area contributed by atoms with Crippen LogP contribution in [-0.4, -0.2) is 92.9 Å². The standard InChI is InChI=1S/C26H44O10/c1-16(13-22(30)34-11-9-7-5-4-6-8-10-21(28)29)12-19-23(31)25(32)26(33,15-35-19)14-20-24(36-20)17(2)18(3)27/h13,17-20,23-25,27,31-33H,4-12,14-15H2,1-3H3,(H,28,29)/t17-,18-,19?,20-,23-,24-,25-,26+/m0/s1. The van der Waals surface area contributed by atoms with Gasteiger partial charge >= 0.3 is 11.9 Å². The summed E-state index contributed by atoms with van der Waals surface area (Å²) in [5, 5.41) is 50.4. The maximum Gasteiger partial charge on any atom is 0.330 e. The number of aliphatic hydroxyl groups is 4. The van der Waals surface area contributed by atoms with Crippen molar-refractivity contribution in [3.8, 4) is 0 Å². The van der Waals surface area contributed by atoms with Gasteiger partial charge in [0, 0.05) is 24.8 Å². The monoisotopic (exact) mass is 516 g/mol. The molecule has 0 amide bonds. The molecule has 0 aromatic carbocycles. The van der Waals surface area contributed by atoms with Crippen molar-refractivity contribution < 1.29 is 49.3 Å². The zero-order valence-corrected chi connectivity index (χ0v) is 21.7. The lowest BCUT2D eigenvalue weighted by Gasteiger charge is -2.43. The fourth-order valence-electron chi connectivity index (χ4n) is 4.60. The van der Waals surface area contributed by atoms with Gasteiger partial charge in [-0.25, -0.2) is 4.79 Å². The number of carbonyl (C=O) groups is 2. The number of carboxylic acids is 1. The first-order valence-corrected chi connectivity index (χ1v) is 13.0. The quantitative estimate of drug-likeness (QED) is 0.0882. The Morgan fingerprint density at radius 1 is 1.08 bits per heavy atom. The highest BCUT2D eigenvalue weighted by molar-refractivity contribution is 5.82. The van der Waals surface area contributed by atoms with E-state index in [1.54, 1.807) is 13.8 Å². The molecule has 0 radical (unpaired) electrons. The van der Waals surface area contributed by atoms with Crippen molar-refractivity contribution in [2.45, 2.75) is 121 Å². The zero-order valence-electron chi connectivity index (χ0n) is 21.7. The van der Waals surface area contributed by atoms with Crippen molar-refractivity contribution in [3.05, 3.63) is 11.6 Å². The third kappa shape index (κ3) is 9.72. The van der Waals surface area contributed by atoms with Crippen LogP contribution in [-0.2, 0) is 23.8 Å². The van der Waals surface area contributed by atoms with Gasteiger partial charge in [-0.05, 0) is 33.1 Å². The molecule has 36 heavy (non-hydrogen) atoms. The number of aliphatic carboxylic acids is 1. The Morgan fingerprint density at radius 2 is 1.72 bits per heavy atom. The minimum Gasteiger partial charge on any atom is -0.481 e. The number of carbonyl (C=O) groups excluding carboxylic acids is 1. The van der Waals surface area contributed by atoms with Gasteiger partial charge in [-0.1, -0.05) is 38.2 Å². The van der Waals surface area contributed by atoms with Gasteiger partial charge in [0.25, 0.3) is 0 Å². The minimum absolute atomic E-state index is 0.0865. The van der Waals surface area contributed by atoms with Crippen molar-refractivity contribution in [1.82, 2.24) is 0 Å². The highest BCUT2D eigenvalue weighted by Gasteiger charge is 2.54. The summed E-state index contributed by atoms with van der Waals surface area (Å²) < 4.78 is 16.5. The second-order valence-electron chi connectivity index (χ2n) is 10.5. The van der Waals surface area contributed by atoms with E-state index in [2.05, 4.69) is 0 Å². The molecular weight excluding hydrogens is 472 g/mol. The highest BCUT2D eigenvalue weighted by atomic mass is 16.6. The van der Waals surface area contributed by atoms with E-state index >= 15 is 0 Å². The van der Waals surface area contributed by atoms with Crippen molar-refractivity contribution in [3.63, 3.8) is 0 Å². The van der Waals surface area contributed by atoms with Crippen molar-refractivity contribution in [2.24, 2.45) is 5.92 Å². The number of carboxylic acid groups (broad SMARTS) is 1. The number of epoxide rings is 1. The summed E-state index contributed by atoms with van der Waals surface area (Å²) in [6.45, 7) is 5.35. The smallest absolute Gasteiger partial charge is 0.330 e. The third-order valence-corrected chi connectivity index (χ3v) is 7.17. The lowest BCUT2D eigenvalue weighted by atomic mass is 9.82. The molecule has 0 aliphatic carbocycles. The molecule has 0 bridgehead atoms. The predicted octanol–water partition coefficient (Wildman–Crippen LogP) is 1.71. The van der Waals surface area contributed by atoms with Crippen LogP contribution >= 0.6 is 0 Å². The largest absolute Gasteiger partial charge is 0.481 e. The summed E-state index contributed by atoms with van der Waals surface area (Å²) in [7, 11) is 0. The number of hydrogen-bond donors (Lipinski definition) is 5. The van der Waals surface area contributed by atoms with E-state index in [-0.39, 0.29) is 44.0 Å². The fourth-order valence-corrected chi connectivity index (χ4v) is 4.60. The molecule has 5 N–H and O–H groups in total. The van der Waals surface area contributed by atoms with E-state index in [1.165, 1.54) is 6.08 Å². The predicted molar refractivity (Wildman–Crippen MR) is 130 cm³/mol. The van der Waals surface area contributed by atoms with E-state index < -0.39 is 42.0 Å². The van der Waals surface area contributed by atoms with Crippen LogP contribution in [0, 0.1) is 5.92 Å². The van der Waals surface area contributed by atoms with E-state index in [4.69, 9.17) is 19.3 Å². The first-order chi connectivity index (χ1) is 16.9. The third-order valence-electron chi connectivity index (χ3n) is 7.17. The summed E-state index contributed by atoms with van der Waals surface area (Å²) in [4.78, 5) is 22.5. The van der Waals surface area contributed by atoms with Gasteiger partial charge in [-0.3, -0.25) is 4.79 Å². The molecule has 208 valence electrons. The molecule has 0 aromatic rings. The van der Waals surface area contributed by atoms with Gasteiger partial charge < -0.3 is 39.7 Å². The normalized spacial score (nSPS) is 32.1. The lowest BCUT2D eigenvalue weighted by molar-refractivity contribution is -0.236. The Balaban J connectivity index is 1.67. The van der Waals surface area contributed by atoms with Gasteiger partial charge in [-0.2, -0.15) is 0 Å². The van der Waals surface area contributed by atoms with Gasteiger partial charge in [0.05, 0.1) is 37.6 Å². The number of unbranched alkanes of at least 4 members (excludes halogenated alkanes) is 5. The van der Waals surface area contributed by atoms with Gasteiger partial charge in [-0.15, -0.1) is 0 Å². The molecular formula is C26H44O10.